The van der Waals surface area contributed by atoms with Crippen molar-refractivity contribution in [3.63, 3.8) is 0 Å². The van der Waals surface area contributed by atoms with E-state index in [0.717, 1.165) is 104 Å². The molecule has 3 saturated heterocycles. The Morgan fingerprint density at radius 1 is 0.574 bits per heavy atom. The molecule has 6 aromatic heterocycles. The molecule has 3 fully saturated rings. The second kappa shape index (κ2) is 24.4. The van der Waals surface area contributed by atoms with Crippen molar-refractivity contribution < 1.29 is 26.8 Å². The van der Waals surface area contributed by atoms with Gasteiger partial charge in [0.1, 0.15) is 16.9 Å². The molecule has 22 heteroatoms. The zero-order valence-electron chi connectivity index (χ0n) is 39.0. The molecule has 3 aliphatic heterocycles. The molecule has 6 aromatic rings. The normalized spacial score (nSPS) is 16.1. The average Bonchev–Trinajstić information content (AvgIpc) is 3.35. The molecule has 0 aromatic carbocycles. The molecule has 0 aliphatic carbocycles. The summed E-state index contributed by atoms with van der Waals surface area (Å²) < 4.78 is 48.6. The van der Waals surface area contributed by atoms with Crippen LogP contribution in [0, 0.1) is 17.8 Å². The molecule has 9 rings (SSSR count). The average molecular weight is 964 g/mol. The van der Waals surface area contributed by atoms with Crippen LogP contribution in [0.2, 0.25) is 0 Å². The van der Waals surface area contributed by atoms with Crippen LogP contribution in [0.1, 0.15) is 57.8 Å². The summed E-state index contributed by atoms with van der Waals surface area (Å²) in [5, 5.41) is 1.41. The monoisotopic (exact) mass is 963 g/mol. The molecule has 68 heavy (non-hydrogen) atoms. The highest BCUT2D eigenvalue weighted by Crippen LogP contribution is 2.20. The number of aryl methyl sites for hydroxylation is 3. The third-order valence-corrected chi connectivity index (χ3v) is 13.0. The SMILES string of the molecule is CS(=O)(=O)OCCC1CCOCC1.Cn1c(=O)[nH]c(=O)c2cccnc21.Cn1c(=O)n(CCC2CCOCC2)c(=O)c2cccnc21.Cn1c(=O)n(CCC2CCOCC2)c(=O)c2cccnc21. The quantitative estimate of drug-likeness (QED) is 0.193. The van der Waals surface area contributed by atoms with Gasteiger partial charge in [-0.05, 0) is 112 Å². The number of aromatic nitrogens is 9. The van der Waals surface area contributed by atoms with Crippen LogP contribution in [0.3, 0.4) is 0 Å². The van der Waals surface area contributed by atoms with Gasteiger partial charge in [-0.15, -0.1) is 0 Å². The third kappa shape index (κ3) is 13.6. The summed E-state index contributed by atoms with van der Waals surface area (Å²) in [6, 6.07) is 10.2. The van der Waals surface area contributed by atoms with Crippen LogP contribution in [0.5, 0.6) is 0 Å². The molecular formula is C46H61N9O12S. The van der Waals surface area contributed by atoms with Crippen LogP contribution < -0.4 is 33.7 Å². The highest BCUT2D eigenvalue weighted by atomic mass is 32.2. The summed E-state index contributed by atoms with van der Waals surface area (Å²) in [5.74, 6) is 1.62. The molecule has 21 nitrogen and oxygen atoms in total. The minimum Gasteiger partial charge on any atom is -0.381 e. The zero-order chi connectivity index (χ0) is 48.8. The van der Waals surface area contributed by atoms with Crippen molar-refractivity contribution in [1.82, 2.24) is 42.8 Å². The van der Waals surface area contributed by atoms with E-state index in [-0.39, 0.29) is 22.5 Å². The van der Waals surface area contributed by atoms with Crippen molar-refractivity contribution in [1.29, 1.82) is 0 Å². The summed E-state index contributed by atoms with van der Waals surface area (Å²) >= 11 is 0. The Morgan fingerprint density at radius 2 is 0.941 bits per heavy atom. The molecule has 0 spiro atoms. The summed E-state index contributed by atoms with van der Waals surface area (Å²) in [6.07, 6.45) is 14.4. The number of hydrogen-bond acceptors (Lipinski definition) is 15. The summed E-state index contributed by atoms with van der Waals surface area (Å²) in [7, 11) is 1.62. The van der Waals surface area contributed by atoms with Gasteiger partial charge in [0.25, 0.3) is 26.8 Å². The van der Waals surface area contributed by atoms with E-state index in [4.69, 9.17) is 14.2 Å². The lowest BCUT2D eigenvalue weighted by Crippen LogP contribution is -2.40. The lowest BCUT2D eigenvalue weighted by Gasteiger charge is -2.22. The van der Waals surface area contributed by atoms with Gasteiger partial charge >= 0.3 is 17.1 Å². The van der Waals surface area contributed by atoms with Crippen LogP contribution in [0.25, 0.3) is 33.1 Å². The number of pyridine rings is 3. The molecule has 0 radical (unpaired) electrons. The Labute approximate surface area is 391 Å². The Balaban J connectivity index is 0.000000153. The van der Waals surface area contributed by atoms with Gasteiger partial charge in [-0.25, -0.2) is 29.3 Å². The van der Waals surface area contributed by atoms with E-state index in [2.05, 4.69) is 24.1 Å². The fourth-order valence-electron chi connectivity index (χ4n) is 8.35. The molecule has 1 N–H and O–H groups in total. The van der Waals surface area contributed by atoms with Crippen LogP contribution in [-0.2, 0) is 62.7 Å². The fraction of sp³-hybridized carbons (Fsp3) is 0.543. The van der Waals surface area contributed by atoms with E-state index in [1.165, 1.54) is 22.8 Å². The number of aromatic amines is 1. The van der Waals surface area contributed by atoms with Crippen molar-refractivity contribution in [2.24, 2.45) is 38.9 Å². The smallest absolute Gasteiger partial charge is 0.332 e. The molecule has 0 bridgehead atoms. The Bertz CT molecular complexity index is 2990. The molecule has 0 saturated carbocycles. The first-order valence-corrected chi connectivity index (χ1v) is 24.7. The number of ether oxygens (including phenoxy) is 3. The van der Waals surface area contributed by atoms with Gasteiger partial charge < -0.3 is 14.2 Å². The van der Waals surface area contributed by atoms with E-state index in [9.17, 15) is 37.2 Å². The van der Waals surface area contributed by atoms with Gasteiger partial charge in [-0.1, -0.05) is 0 Å². The number of hydrogen-bond donors (Lipinski definition) is 1. The van der Waals surface area contributed by atoms with Gasteiger partial charge in [-0.3, -0.25) is 46.4 Å². The summed E-state index contributed by atoms with van der Waals surface area (Å²) in [4.78, 5) is 86.3. The number of rotatable bonds is 10. The Kier molecular flexibility index (Phi) is 18.4. The molecule has 9 heterocycles. The van der Waals surface area contributed by atoms with Crippen LogP contribution in [0.4, 0.5) is 0 Å². The second-order valence-electron chi connectivity index (χ2n) is 17.1. The van der Waals surface area contributed by atoms with Crippen molar-refractivity contribution in [3.05, 3.63) is 118 Å². The van der Waals surface area contributed by atoms with Crippen molar-refractivity contribution >= 4 is 43.2 Å². The van der Waals surface area contributed by atoms with E-state index >= 15 is 0 Å². The van der Waals surface area contributed by atoms with Crippen molar-refractivity contribution in [2.75, 3.05) is 52.5 Å². The third-order valence-electron chi connectivity index (χ3n) is 12.4. The fourth-order valence-corrected chi connectivity index (χ4v) is 8.74. The van der Waals surface area contributed by atoms with E-state index < -0.39 is 21.4 Å². The zero-order valence-corrected chi connectivity index (χ0v) is 39.9. The minimum atomic E-state index is -3.26. The van der Waals surface area contributed by atoms with Crippen LogP contribution in [0.15, 0.2) is 83.8 Å². The number of nitrogens with zero attached hydrogens (tertiary/aromatic N) is 8. The minimum absolute atomic E-state index is 0.242. The predicted molar refractivity (Wildman–Crippen MR) is 255 cm³/mol. The van der Waals surface area contributed by atoms with E-state index in [0.29, 0.717) is 70.6 Å². The topological polar surface area (TPSA) is 253 Å². The Morgan fingerprint density at radius 3 is 1.34 bits per heavy atom. The predicted octanol–water partition coefficient (Wildman–Crippen LogP) is 2.22. The lowest BCUT2D eigenvalue weighted by atomic mass is 9.97. The Hall–Kier alpha value is -5.94. The molecule has 0 amide bonds. The molecule has 3 aliphatic rings. The van der Waals surface area contributed by atoms with Gasteiger partial charge in [0.2, 0.25) is 0 Å². The standard InChI is InChI=1S/2C15H19N3O3.C8H7N3O2.C8H16O4S/c2*1-17-13-12(3-2-7-16-13)14(19)18(15(17)20)8-4-11-5-9-21-10-6-11;1-11-6-5(3-2-4-9-6)7(12)10-8(11)13;1-13(9,10)12-7-4-8-2-5-11-6-3-8/h2*2-3,7,11H,4-6,8-10H2,1H3;2-4H,1H3,(H,10,12,13);8H,2-7H2,1H3. The maximum Gasteiger partial charge on any atom is 0.332 e. The van der Waals surface area contributed by atoms with Crippen molar-refractivity contribution in [3.8, 4) is 0 Å². The number of nitrogens with one attached hydrogen (secondary N) is 1. The largest absolute Gasteiger partial charge is 0.381 e. The maximum absolute atomic E-state index is 12.5. The van der Waals surface area contributed by atoms with Gasteiger partial charge in [-0.2, -0.15) is 8.42 Å². The number of fused-ring (bicyclic) bond motifs is 3. The lowest BCUT2D eigenvalue weighted by molar-refractivity contribution is 0.0597. The first-order valence-electron chi connectivity index (χ1n) is 22.8. The summed E-state index contributed by atoms with van der Waals surface area (Å²) in [5.41, 5.74) is -0.638. The highest BCUT2D eigenvalue weighted by molar-refractivity contribution is 7.85. The molecule has 0 atom stereocenters. The molecular weight excluding hydrogens is 903 g/mol. The first kappa shape index (κ1) is 51.5. The van der Waals surface area contributed by atoms with Gasteiger partial charge in [0, 0.05) is 92.5 Å². The van der Waals surface area contributed by atoms with Crippen molar-refractivity contribution in [2.45, 2.75) is 70.9 Å². The maximum atomic E-state index is 12.5. The van der Waals surface area contributed by atoms with Gasteiger partial charge in [0.15, 0.2) is 0 Å². The van der Waals surface area contributed by atoms with Crippen LogP contribution in [-0.4, -0.2) is 104 Å². The first-order chi connectivity index (χ1) is 32.6. The second-order valence-corrected chi connectivity index (χ2v) is 18.7. The molecule has 0 unspecified atom stereocenters. The summed E-state index contributed by atoms with van der Waals surface area (Å²) in [6.45, 7) is 5.93. The molecule has 368 valence electrons. The van der Waals surface area contributed by atoms with Crippen LogP contribution >= 0.6 is 0 Å². The number of H-pyrrole nitrogens is 1. The van der Waals surface area contributed by atoms with E-state index in [1.54, 1.807) is 76.1 Å². The highest BCUT2D eigenvalue weighted by Gasteiger charge is 2.19. The van der Waals surface area contributed by atoms with E-state index in [1.807, 2.05) is 0 Å². The van der Waals surface area contributed by atoms with Gasteiger partial charge in [0.05, 0.1) is 29.0 Å².